The minimum atomic E-state index is 0.630. The van der Waals surface area contributed by atoms with Crippen molar-refractivity contribution in [1.82, 2.24) is 14.9 Å². The average Bonchev–Trinajstić information content (AvgIpc) is 2.46. The lowest BCUT2D eigenvalue weighted by Gasteiger charge is -2.29. The zero-order valence-corrected chi connectivity index (χ0v) is 13.0. The van der Waals surface area contributed by atoms with Gasteiger partial charge >= 0.3 is 0 Å². The van der Waals surface area contributed by atoms with Crippen molar-refractivity contribution in [3.05, 3.63) is 12.3 Å². The molecule has 0 saturated carbocycles. The highest BCUT2D eigenvalue weighted by molar-refractivity contribution is 5.40. The van der Waals surface area contributed by atoms with Crippen LogP contribution in [0.4, 0.5) is 11.8 Å². The number of hydrogen-bond donors (Lipinski definition) is 1. The van der Waals surface area contributed by atoms with Crippen LogP contribution >= 0.6 is 0 Å². The van der Waals surface area contributed by atoms with Crippen molar-refractivity contribution in [3.8, 4) is 0 Å². The molecule has 1 aliphatic rings. The monoisotopic (exact) mass is 277 g/mol. The number of nitrogens with one attached hydrogen (secondary N) is 1. The van der Waals surface area contributed by atoms with Crippen molar-refractivity contribution in [2.45, 2.75) is 26.2 Å². The normalized spacial score (nSPS) is 17.8. The summed E-state index contributed by atoms with van der Waals surface area (Å²) in [7, 11) is 3.91. The number of aromatic nitrogens is 2. The highest BCUT2D eigenvalue weighted by atomic mass is 15.2. The van der Waals surface area contributed by atoms with Gasteiger partial charge in [0.05, 0.1) is 0 Å². The van der Waals surface area contributed by atoms with Crippen LogP contribution in [0.1, 0.15) is 26.2 Å². The van der Waals surface area contributed by atoms with E-state index in [4.69, 9.17) is 0 Å². The fraction of sp³-hybridized carbons (Fsp3) is 0.733. The summed E-state index contributed by atoms with van der Waals surface area (Å²) in [5.74, 6) is 2.29. The summed E-state index contributed by atoms with van der Waals surface area (Å²) < 4.78 is 0. The first kappa shape index (κ1) is 15.0. The maximum atomic E-state index is 4.48. The van der Waals surface area contributed by atoms with Crippen LogP contribution in [-0.4, -0.2) is 55.1 Å². The van der Waals surface area contributed by atoms with Gasteiger partial charge in [0.25, 0.3) is 0 Å². The van der Waals surface area contributed by atoms with Crippen LogP contribution in [0.15, 0.2) is 12.3 Å². The van der Waals surface area contributed by atoms with E-state index in [9.17, 15) is 0 Å². The molecule has 0 spiro atoms. The summed E-state index contributed by atoms with van der Waals surface area (Å²) in [6, 6.07) is 1.93. The number of hydrogen-bond acceptors (Lipinski definition) is 5. The molecule has 1 N–H and O–H groups in total. The van der Waals surface area contributed by atoms with Gasteiger partial charge in [0, 0.05) is 33.4 Å². The van der Waals surface area contributed by atoms with E-state index in [0.717, 1.165) is 18.3 Å². The van der Waals surface area contributed by atoms with Crippen molar-refractivity contribution in [1.29, 1.82) is 0 Å². The first-order valence-corrected chi connectivity index (χ1v) is 7.62. The summed E-state index contributed by atoms with van der Waals surface area (Å²) in [4.78, 5) is 13.2. The lowest BCUT2D eigenvalue weighted by atomic mass is 10.1. The zero-order chi connectivity index (χ0) is 14.4. The lowest BCUT2D eigenvalue weighted by Crippen LogP contribution is -2.35. The Morgan fingerprint density at radius 1 is 1.30 bits per heavy atom. The Labute approximate surface area is 122 Å². The standard InChI is InChI=1S/C15H27N5/c1-13(12-20-9-5-4-6-10-20)11-17-14-7-8-16-15(18-14)19(2)3/h7-8,13H,4-6,9-12H2,1-3H3,(H,16,17,18). The molecular formula is C15H27N5. The number of piperidine rings is 1. The van der Waals surface area contributed by atoms with Crippen LogP contribution in [0.2, 0.25) is 0 Å². The average molecular weight is 277 g/mol. The fourth-order valence-corrected chi connectivity index (χ4v) is 2.59. The molecule has 0 amide bonds. The Morgan fingerprint density at radius 2 is 2.05 bits per heavy atom. The second-order valence-corrected chi connectivity index (χ2v) is 5.98. The molecule has 1 aromatic heterocycles. The summed E-state index contributed by atoms with van der Waals surface area (Å²) in [5, 5.41) is 3.42. The molecule has 5 heteroatoms. The van der Waals surface area contributed by atoms with Crippen LogP contribution < -0.4 is 10.2 Å². The molecule has 0 aromatic carbocycles. The van der Waals surface area contributed by atoms with E-state index >= 15 is 0 Å². The smallest absolute Gasteiger partial charge is 0.226 e. The molecule has 1 atom stereocenters. The van der Waals surface area contributed by atoms with Crippen molar-refractivity contribution >= 4 is 11.8 Å². The Kier molecular flexibility index (Phi) is 5.59. The third kappa shape index (κ3) is 4.63. The van der Waals surface area contributed by atoms with Gasteiger partial charge < -0.3 is 15.1 Å². The van der Waals surface area contributed by atoms with E-state index in [1.165, 1.54) is 38.9 Å². The Bertz CT molecular complexity index is 401. The minimum Gasteiger partial charge on any atom is -0.370 e. The van der Waals surface area contributed by atoms with E-state index < -0.39 is 0 Å². The molecule has 2 heterocycles. The summed E-state index contributed by atoms with van der Waals surface area (Å²) in [6.07, 6.45) is 5.92. The number of likely N-dealkylation sites (tertiary alicyclic amines) is 1. The molecule has 0 aliphatic carbocycles. The number of rotatable bonds is 6. The van der Waals surface area contributed by atoms with E-state index in [2.05, 4.69) is 27.1 Å². The van der Waals surface area contributed by atoms with Crippen molar-refractivity contribution in [3.63, 3.8) is 0 Å². The van der Waals surface area contributed by atoms with Gasteiger partial charge in [-0.05, 0) is 37.9 Å². The van der Waals surface area contributed by atoms with Crippen LogP contribution in [0.5, 0.6) is 0 Å². The second-order valence-electron chi connectivity index (χ2n) is 5.98. The van der Waals surface area contributed by atoms with Gasteiger partial charge in [0.1, 0.15) is 5.82 Å². The quantitative estimate of drug-likeness (QED) is 0.862. The topological polar surface area (TPSA) is 44.3 Å². The molecule has 0 bridgehead atoms. The summed E-state index contributed by atoms with van der Waals surface area (Å²) in [5.41, 5.74) is 0. The van der Waals surface area contributed by atoms with Crippen molar-refractivity contribution in [2.75, 3.05) is 50.5 Å². The molecular weight excluding hydrogens is 250 g/mol. The van der Waals surface area contributed by atoms with Gasteiger partial charge in [-0.3, -0.25) is 0 Å². The van der Waals surface area contributed by atoms with Gasteiger partial charge in [-0.25, -0.2) is 4.98 Å². The largest absolute Gasteiger partial charge is 0.370 e. The van der Waals surface area contributed by atoms with E-state index in [-0.39, 0.29) is 0 Å². The van der Waals surface area contributed by atoms with Gasteiger partial charge in [-0.1, -0.05) is 13.3 Å². The highest BCUT2D eigenvalue weighted by Crippen LogP contribution is 2.12. The van der Waals surface area contributed by atoms with E-state index in [0.29, 0.717) is 5.92 Å². The number of nitrogens with zero attached hydrogens (tertiary/aromatic N) is 4. The second kappa shape index (κ2) is 7.43. The van der Waals surface area contributed by atoms with Crippen LogP contribution in [0.3, 0.4) is 0 Å². The van der Waals surface area contributed by atoms with Crippen LogP contribution in [0.25, 0.3) is 0 Å². The van der Waals surface area contributed by atoms with Gasteiger partial charge in [-0.2, -0.15) is 4.98 Å². The maximum absolute atomic E-state index is 4.48. The minimum absolute atomic E-state index is 0.630. The molecule has 1 aliphatic heterocycles. The molecule has 1 unspecified atom stereocenters. The van der Waals surface area contributed by atoms with Crippen LogP contribution in [0, 0.1) is 5.92 Å². The molecule has 20 heavy (non-hydrogen) atoms. The predicted octanol–water partition coefficient (Wildman–Crippen LogP) is 2.08. The molecule has 1 fully saturated rings. The van der Waals surface area contributed by atoms with Gasteiger partial charge in [0.2, 0.25) is 5.95 Å². The van der Waals surface area contributed by atoms with Gasteiger partial charge in [0.15, 0.2) is 0 Å². The zero-order valence-electron chi connectivity index (χ0n) is 13.0. The first-order chi connectivity index (χ1) is 9.65. The van der Waals surface area contributed by atoms with Crippen LogP contribution in [-0.2, 0) is 0 Å². The third-order valence-electron chi connectivity index (χ3n) is 3.69. The number of anilines is 2. The SMILES string of the molecule is CC(CNc1ccnc(N(C)C)n1)CN1CCCCC1. The molecule has 0 radical (unpaired) electrons. The van der Waals surface area contributed by atoms with E-state index in [1.807, 2.05) is 25.1 Å². The molecule has 112 valence electrons. The van der Waals surface area contributed by atoms with Crippen molar-refractivity contribution < 1.29 is 0 Å². The Morgan fingerprint density at radius 3 is 2.75 bits per heavy atom. The fourth-order valence-electron chi connectivity index (χ4n) is 2.59. The predicted molar refractivity (Wildman–Crippen MR) is 84.3 cm³/mol. The Balaban J connectivity index is 1.77. The summed E-state index contributed by atoms with van der Waals surface area (Å²) in [6.45, 7) is 6.97. The first-order valence-electron chi connectivity index (χ1n) is 7.62. The summed E-state index contributed by atoms with van der Waals surface area (Å²) >= 11 is 0. The van der Waals surface area contributed by atoms with E-state index in [1.54, 1.807) is 6.20 Å². The third-order valence-corrected chi connectivity index (χ3v) is 3.69. The highest BCUT2D eigenvalue weighted by Gasteiger charge is 2.13. The molecule has 1 aromatic rings. The van der Waals surface area contributed by atoms with Crippen molar-refractivity contribution in [2.24, 2.45) is 5.92 Å². The molecule has 2 rings (SSSR count). The maximum Gasteiger partial charge on any atom is 0.226 e. The Hall–Kier alpha value is -1.36. The molecule has 1 saturated heterocycles. The lowest BCUT2D eigenvalue weighted by molar-refractivity contribution is 0.204. The van der Waals surface area contributed by atoms with Gasteiger partial charge in [-0.15, -0.1) is 0 Å². The molecule has 5 nitrogen and oxygen atoms in total.